The molecule has 1 aliphatic carbocycles. The van der Waals surface area contributed by atoms with E-state index in [4.69, 9.17) is 9.47 Å². The zero-order valence-corrected chi connectivity index (χ0v) is 23.9. The molecule has 11 nitrogen and oxygen atoms in total. The molecule has 0 unspecified atom stereocenters. The Morgan fingerprint density at radius 2 is 1.85 bits per heavy atom. The Balaban J connectivity index is 0.00000588. The Labute approximate surface area is 239 Å². The maximum atomic E-state index is 13.8. The van der Waals surface area contributed by atoms with Crippen molar-refractivity contribution in [2.45, 2.75) is 51.4 Å². The number of sulfonamides is 1. The summed E-state index contributed by atoms with van der Waals surface area (Å²) < 4.78 is 78.0. The lowest BCUT2D eigenvalue weighted by molar-refractivity contribution is -0.140. The lowest BCUT2D eigenvalue weighted by atomic mass is 9.92. The molecule has 0 aliphatic heterocycles. The number of anilines is 2. The van der Waals surface area contributed by atoms with Crippen LogP contribution in [0.3, 0.4) is 0 Å². The van der Waals surface area contributed by atoms with Crippen molar-refractivity contribution < 1.29 is 35.9 Å². The molecular formula is C26H39F3N6O5S. The molecule has 2 aromatic rings. The summed E-state index contributed by atoms with van der Waals surface area (Å²) in [5, 5.41) is 5.62. The molecule has 1 aromatic carbocycles. The SMILES string of the molecule is C.COc1cc(C(=O)NCCN(C)C)ccc1Nc1ncc(C(F)(F)F)c(O[C@@H]2CCCC[C@H]2N(C)S(C)(=O)=O)n1. The Morgan fingerprint density at radius 1 is 1.17 bits per heavy atom. The van der Waals surface area contributed by atoms with E-state index in [9.17, 15) is 26.4 Å². The molecule has 0 saturated heterocycles. The minimum absolute atomic E-state index is 0. The first-order valence-electron chi connectivity index (χ1n) is 12.6. The van der Waals surface area contributed by atoms with Crippen LogP contribution in [0.1, 0.15) is 49.0 Å². The molecule has 0 radical (unpaired) electrons. The average molecular weight is 605 g/mol. The van der Waals surface area contributed by atoms with Gasteiger partial charge in [0.15, 0.2) is 0 Å². The largest absolute Gasteiger partial charge is 0.495 e. The van der Waals surface area contributed by atoms with E-state index in [1.807, 2.05) is 19.0 Å². The number of carbonyl (C=O) groups excluding carboxylic acids is 1. The first kappa shape index (κ1) is 34.0. The molecule has 2 N–H and O–H groups in total. The number of aromatic nitrogens is 2. The number of rotatable bonds is 11. The van der Waals surface area contributed by atoms with Crippen LogP contribution in [0, 0.1) is 0 Å². The van der Waals surface area contributed by atoms with Crippen LogP contribution in [0.2, 0.25) is 0 Å². The number of amides is 1. The first-order chi connectivity index (χ1) is 18.7. The minimum atomic E-state index is -4.81. The highest BCUT2D eigenvalue weighted by Gasteiger charge is 2.40. The van der Waals surface area contributed by atoms with Gasteiger partial charge >= 0.3 is 6.18 Å². The Kier molecular flexibility index (Phi) is 11.7. The van der Waals surface area contributed by atoms with Crippen molar-refractivity contribution in [3.05, 3.63) is 35.5 Å². The zero-order chi connectivity index (χ0) is 29.7. The van der Waals surface area contributed by atoms with Crippen molar-refractivity contribution >= 4 is 27.6 Å². The van der Waals surface area contributed by atoms with Gasteiger partial charge in [0.2, 0.25) is 21.9 Å². The number of ether oxygens (including phenoxy) is 2. The van der Waals surface area contributed by atoms with Crippen LogP contribution in [0.15, 0.2) is 24.4 Å². The van der Waals surface area contributed by atoms with Gasteiger partial charge < -0.3 is 25.0 Å². The van der Waals surface area contributed by atoms with Crippen LogP contribution < -0.4 is 20.1 Å². The summed E-state index contributed by atoms with van der Waals surface area (Å²) in [6.07, 6.45) is -1.80. The van der Waals surface area contributed by atoms with Crippen LogP contribution in [-0.4, -0.2) is 93.2 Å². The van der Waals surface area contributed by atoms with Crippen molar-refractivity contribution in [1.29, 1.82) is 0 Å². The number of carbonyl (C=O) groups is 1. The average Bonchev–Trinajstić information content (AvgIpc) is 2.87. The smallest absolute Gasteiger partial charge is 0.423 e. The third-order valence-corrected chi connectivity index (χ3v) is 7.85. The van der Waals surface area contributed by atoms with E-state index in [0.717, 1.165) is 17.0 Å². The van der Waals surface area contributed by atoms with Gasteiger partial charge in [-0.2, -0.15) is 22.5 Å². The van der Waals surface area contributed by atoms with Gasteiger partial charge in [-0.3, -0.25) is 4.79 Å². The lowest BCUT2D eigenvalue weighted by Crippen LogP contribution is -2.48. The number of benzene rings is 1. The van der Waals surface area contributed by atoms with E-state index in [1.165, 1.54) is 32.4 Å². The van der Waals surface area contributed by atoms with E-state index >= 15 is 0 Å². The van der Waals surface area contributed by atoms with Gasteiger partial charge in [0.25, 0.3) is 5.91 Å². The standard InChI is InChI=1S/C25H35F3N6O5S.CH4/c1-33(2)13-12-29-22(35)16-10-11-18(21(14-16)38-4)31-24-30-15-17(25(26,27)28)23(32-24)39-20-9-7-6-8-19(20)34(3)40(5,36)37;/h10-11,14-15,19-20H,6-9,12-13H2,1-5H3,(H,29,35)(H,30,31,32);1H4/t19-,20-;/m1./s1. The third kappa shape index (κ3) is 9.16. The topological polar surface area (TPSA) is 126 Å². The first-order valence-corrected chi connectivity index (χ1v) is 14.5. The molecular weight excluding hydrogens is 565 g/mol. The van der Waals surface area contributed by atoms with E-state index in [1.54, 1.807) is 0 Å². The van der Waals surface area contributed by atoms with E-state index in [-0.39, 0.29) is 25.0 Å². The summed E-state index contributed by atoms with van der Waals surface area (Å²) in [6.45, 7) is 1.10. The monoisotopic (exact) mass is 604 g/mol. The van der Waals surface area contributed by atoms with Gasteiger partial charge in [-0.1, -0.05) is 13.8 Å². The van der Waals surface area contributed by atoms with Crippen molar-refractivity contribution in [2.75, 3.05) is 52.9 Å². The fraction of sp³-hybridized carbons (Fsp3) is 0.577. The number of nitrogens with zero attached hydrogens (tertiary/aromatic N) is 4. The molecule has 1 amide bonds. The summed E-state index contributed by atoms with van der Waals surface area (Å²) in [4.78, 5) is 22.2. The van der Waals surface area contributed by atoms with Crippen molar-refractivity contribution in [3.8, 4) is 11.6 Å². The summed E-state index contributed by atoms with van der Waals surface area (Å²) >= 11 is 0. The highest BCUT2D eigenvalue weighted by Crippen LogP contribution is 2.38. The molecule has 0 spiro atoms. The number of halogens is 3. The lowest BCUT2D eigenvalue weighted by Gasteiger charge is -2.36. The number of methoxy groups -OCH3 is 1. The summed E-state index contributed by atoms with van der Waals surface area (Å²) in [5.74, 6) is -0.976. The van der Waals surface area contributed by atoms with E-state index < -0.39 is 39.8 Å². The fourth-order valence-electron chi connectivity index (χ4n) is 4.28. The highest BCUT2D eigenvalue weighted by molar-refractivity contribution is 7.88. The summed E-state index contributed by atoms with van der Waals surface area (Å²) in [5.41, 5.74) is -0.539. The maximum absolute atomic E-state index is 13.8. The van der Waals surface area contributed by atoms with Crippen molar-refractivity contribution in [3.63, 3.8) is 0 Å². The highest BCUT2D eigenvalue weighted by atomic mass is 32.2. The Bertz CT molecular complexity index is 1290. The summed E-state index contributed by atoms with van der Waals surface area (Å²) in [6, 6.07) is 3.90. The van der Waals surface area contributed by atoms with Crippen LogP contribution in [-0.2, 0) is 16.2 Å². The molecule has 1 aromatic heterocycles. The number of alkyl halides is 3. The Morgan fingerprint density at radius 3 is 2.46 bits per heavy atom. The normalized spacial score (nSPS) is 17.6. The second-order valence-corrected chi connectivity index (χ2v) is 11.8. The molecule has 2 atom stereocenters. The molecule has 3 rings (SSSR count). The fourth-order valence-corrected chi connectivity index (χ4v) is 5.02. The molecule has 0 bridgehead atoms. The van der Waals surface area contributed by atoms with Gasteiger partial charge in [0.1, 0.15) is 17.4 Å². The van der Waals surface area contributed by atoms with Crippen molar-refractivity contribution in [2.24, 2.45) is 0 Å². The summed E-state index contributed by atoms with van der Waals surface area (Å²) in [7, 11) is 2.95. The third-order valence-electron chi connectivity index (χ3n) is 6.53. The van der Waals surface area contributed by atoms with Gasteiger partial charge in [-0.15, -0.1) is 0 Å². The number of nitrogens with one attached hydrogen (secondary N) is 2. The van der Waals surface area contributed by atoms with Crippen LogP contribution in [0.5, 0.6) is 11.6 Å². The minimum Gasteiger partial charge on any atom is -0.495 e. The quantitative estimate of drug-likeness (QED) is 0.394. The molecule has 1 aliphatic rings. The van der Waals surface area contributed by atoms with E-state index in [0.29, 0.717) is 49.8 Å². The van der Waals surface area contributed by atoms with Gasteiger partial charge in [0.05, 0.1) is 25.1 Å². The van der Waals surface area contributed by atoms with Gasteiger partial charge in [-0.05, 0) is 51.6 Å². The van der Waals surface area contributed by atoms with Crippen LogP contribution in [0.25, 0.3) is 0 Å². The molecule has 15 heteroatoms. The van der Waals surface area contributed by atoms with Crippen LogP contribution >= 0.6 is 0 Å². The Hall–Kier alpha value is -3.17. The predicted octanol–water partition coefficient (Wildman–Crippen LogP) is 3.76. The molecule has 1 fully saturated rings. The molecule has 1 saturated carbocycles. The zero-order valence-electron chi connectivity index (χ0n) is 23.1. The number of hydrogen-bond acceptors (Lipinski definition) is 9. The second-order valence-electron chi connectivity index (χ2n) is 9.80. The maximum Gasteiger partial charge on any atom is 0.423 e. The predicted molar refractivity (Wildman–Crippen MR) is 150 cm³/mol. The van der Waals surface area contributed by atoms with Crippen molar-refractivity contribution in [1.82, 2.24) is 24.5 Å². The number of hydrogen-bond donors (Lipinski definition) is 2. The van der Waals surface area contributed by atoms with Gasteiger partial charge in [0, 0.05) is 31.9 Å². The van der Waals surface area contributed by atoms with Crippen LogP contribution in [0.4, 0.5) is 24.8 Å². The molecule has 1 heterocycles. The molecule has 230 valence electrons. The second kappa shape index (κ2) is 14.1. The van der Waals surface area contributed by atoms with Gasteiger partial charge in [-0.25, -0.2) is 13.4 Å². The molecule has 41 heavy (non-hydrogen) atoms. The van der Waals surface area contributed by atoms with E-state index in [2.05, 4.69) is 20.6 Å². The number of likely N-dealkylation sites (N-methyl/N-ethyl adjacent to an activating group) is 2.